The summed E-state index contributed by atoms with van der Waals surface area (Å²) >= 11 is 0. The van der Waals surface area contributed by atoms with Gasteiger partial charge in [-0.25, -0.2) is 18.1 Å². The summed E-state index contributed by atoms with van der Waals surface area (Å²) in [5.41, 5.74) is -0.610. The molecule has 0 bridgehead atoms. The second-order valence-corrected chi connectivity index (χ2v) is 6.51. The van der Waals surface area contributed by atoms with Crippen molar-refractivity contribution in [2.75, 3.05) is 11.8 Å². The molecule has 0 unspecified atom stereocenters. The van der Waals surface area contributed by atoms with E-state index < -0.39 is 28.0 Å². The Labute approximate surface area is 137 Å². The van der Waals surface area contributed by atoms with Gasteiger partial charge in [0, 0.05) is 5.56 Å². The maximum Gasteiger partial charge on any atom is 0.308 e. The summed E-state index contributed by atoms with van der Waals surface area (Å²) < 4.78 is 31.7. The number of aromatic nitrogens is 2. The van der Waals surface area contributed by atoms with Gasteiger partial charge in [0.25, 0.3) is 15.6 Å². The fraction of sp³-hybridized carbons (Fsp3) is 0.214. The number of aromatic amines is 1. The molecule has 3 N–H and O–H groups in total. The fourth-order valence-electron chi connectivity index (χ4n) is 1.96. The van der Waals surface area contributed by atoms with Crippen molar-refractivity contribution in [3.63, 3.8) is 0 Å². The molecule has 0 spiro atoms. The summed E-state index contributed by atoms with van der Waals surface area (Å²) in [6, 6.07) is 5.63. The highest BCUT2D eigenvalue weighted by atomic mass is 32.2. The van der Waals surface area contributed by atoms with Crippen molar-refractivity contribution in [2.45, 2.75) is 18.2 Å². The Hall–Kier alpha value is -2.88. The van der Waals surface area contributed by atoms with E-state index in [4.69, 9.17) is 9.84 Å². The molecule has 0 atom stereocenters. The Morgan fingerprint density at radius 2 is 1.96 bits per heavy atom. The Balaban J connectivity index is 2.32. The number of carboxylic acids is 1. The maximum atomic E-state index is 12.3. The van der Waals surface area contributed by atoms with Gasteiger partial charge in [-0.15, -0.1) is 0 Å². The zero-order chi connectivity index (χ0) is 17.9. The van der Waals surface area contributed by atoms with Crippen molar-refractivity contribution in [3.05, 3.63) is 45.9 Å². The number of rotatable bonds is 6. The molecule has 0 saturated carbocycles. The Kier molecular flexibility index (Phi) is 4.88. The molecule has 128 valence electrons. The molecule has 10 heteroatoms. The van der Waals surface area contributed by atoms with Crippen LogP contribution in [0, 0.1) is 6.92 Å². The number of aliphatic carboxylic acids is 1. The van der Waals surface area contributed by atoms with Crippen molar-refractivity contribution in [3.8, 4) is 5.75 Å². The van der Waals surface area contributed by atoms with E-state index in [-0.39, 0.29) is 22.1 Å². The molecule has 0 radical (unpaired) electrons. The third-order valence-corrected chi connectivity index (χ3v) is 4.51. The molecule has 0 aliphatic carbocycles. The van der Waals surface area contributed by atoms with Gasteiger partial charge < -0.3 is 9.84 Å². The Bertz CT molecular complexity index is 919. The molecule has 1 aromatic heterocycles. The number of carboxylic acid groups (broad SMARTS) is 1. The first-order chi connectivity index (χ1) is 11.2. The first kappa shape index (κ1) is 17.5. The predicted molar refractivity (Wildman–Crippen MR) is 84.7 cm³/mol. The van der Waals surface area contributed by atoms with Gasteiger partial charge in [0.1, 0.15) is 5.75 Å². The van der Waals surface area contributed by atoms with Crippen LogP contribution in [-0.2, 0) is 21.2 Å². The van der Waals surface area contributed by atoms with Gasteiger partial charge in [-0.2, -0.15) is 0 Å². The number of nitrogens with one attached hydrogen (secondary N) is 2. The number of benzene rings is 1. The van der Waals surface area contributed by atoms with Crippen LogP contribution >= 0.6 is 0 Å². The number of hydrogen-bond acceptors (Lipinski definition) is 6. The number of anilines is 1. The average molecular weight is 353 g/mol. The number of hydrogen-bond donors (Lipinski definition) is 3. The lowest BCUT2D eigenvalue weighted by Gasteiger charge is -2.09. The molecule has 2 aromatic rings. The largest absolute Gasteiger partial charge is 0.497 e. The summed E-state index contributed by atoms with van der Waals surface area (Å²) in [6.07, 6.45) is -0.500. The van der Waals surface area contributed by atoms with E-state index in [0.29, 0.717) is 5.75 Å². The van der Waals surface area contributed by atoms with Crippen molar-refractivity contribution >= 4 is 21.9 Å². The van der Waals surface area contributed by atoms with E-state index >= 15 is 0 Å². The zero-order valence-electron chi connectivity index (χ0n) is 12.9. The quantitative estimate of drug-likeness (QED) is 0.688. The molecule has 0 fully saturated rings. The minimum atomic E-state index is -3.96. The van der Waals surface area contributed by atoms with E-state index in [2.05, 4.69) is 14.7 Å². The lowest BCUT2D eigenvalue weighted by Crippen LogP contribution is -2.23. The van der Waals surface area contributed by atoms with Gasteiger partial charge in [0.15, 0.2) is 0 Å². The topological polar surface area (TPSA) is 138 Å². The minimum absolute atomic E-state index is 0.0325. The van der Waals surface area contributed by atoms with E-state index in [1.807, 2.05) is 0 Å². The number of sulfonamides is 1. The lowest BCUT2D eigenvalue weighted by atomic mass is 10.2. The molecule has 0 aliphatic heterocycles. The summed E-state index contributed by atoms with van der Waals surface area (Å²) in [5, 5.41) is 8.76. The van der Waals surface area contributed by atoms with Crippen molar-refractivity contribution in [2.24, 2.45) is 0 Å². The molecular formula is C14H15N3O6S. The van der Waals surface area contributed by atoms with E-state index in [1.165, 1.54) is 38.3 Å². The lowest BCUT2D eigenvalue weighted by molar-refractivity contribution is -0.136. The molecule has 24 heavy (non-hydrogen) atoms. The molecule has 9 nitrogen and oxygen atoms in total. The van der Waals surface area contributed by atoms with Crippen molar-refractivity contribution in [1.82, 2.24) is 9.97 Å². The SMILES string of the molecule is COc1ccc(S(=O)(=O)Nc2nc(C)c(CC(=O)O)c(=O)[nH]2)cc1. The van der Waals surface area contributed by atoms with Crippen LogP contribution in [0.4, 0.5) is 5.95 Å². The van der Waals surface area contributed by atoms with Gasteiger partial charge in [-0.3, -0.25) is 14.6 Å². The highest BCUT2D eigenvalue weighted by Gasteiger charge is 2.18. The molecule has 0 amide bonds. The number of carbonyl (C=O) groups is 1. The van der Waals surface area contributed by atoms with Crippen LogP contribution in [0.3, 0.4) is 0 Å². The van der Waals surface area contributed by atoms with Gasteiger partial charge in [-0.1, -0.05) is 0 Å². The number of nitrogens with zero attached hydrogens (tertiary/aromatic N) is 1. The van der Waals surface area contributed by atoms with Crippen LogP contribution in [0.5, 0.6) is 5.75 Å². The van der Waals surface area contributed by atoms with Crippen LogP contribution in [0.1, 0.15) is 11.3 Å². The van der Waals surface area contributed by atoms with E-state index in [0.717, 1.165) is 0 Å². The number of methoxy groups -OCH3 is 1. The van der Waals surface area contributed by atoms with Crippen LogP contribution in [0.15, 0.2) is 34.0 Å². The molecule has 0 aliphatic rings. The molecule has 1 aromatic carbocycles. The smallest absolute Gasteiger partial charge is 0.308 e. The zero-order valence-corrected chi connectivity index (χ0v) is 13.7. The summed E-state index contributed by atoms with van der Waals surface area (Å²) in [7, 11) is -2.51. The van der Waals surface area contributed by atoms with Crippen molar-refractivity contribution in [1.29, 1.82) is 0 Å². The molecule has 0 saturated heterocycles. The number of ether oxygens (including phenoxy) is 1. The summed E-state index contributed by atoms with van der Waals surface area (Å²) in [6.45, 7) is 1.43. The third kappa shape index (κ3) is 3.90. The normalized spacial score (nSPS) is 11.1. The molecular weight excluding hydrogens is 338 g/mol. The fourth-order valence-corrected chi connectivity index (χ4v) is 2.92. The van der Waals surface area contributed by atoms with Crippen LogP contribution < -0.4 is 15.0 Å². The van der Waals surface area contributed by atoms with Gasteiger partial charge in [0.2, 0.25) is 5.95 Å². The number of aryl methyl sites for hydroxylation is 1. The maximum absolute atomic E-state index is 12.3. The average Bonchev–Trinajstić information content (AvgIpc) is 2.50. The second kappa shape index (κ2) is 6.71. The Morgan fingerprint density at radius 1 is 1.33 bits per heavy atom. The van der Waals surface area contributed by atoms with Crippen molar-refractivity contribution < 1.29 is 23.1 Å². The van der Waals surface area contributed by atoms with Crippen LogP contribution in [0.25, 0.3) is 0 Å². The first-order valence-electron chi connectivity index (χ1n) is 6.71. The van der Waals surface area contributed by atoms with Gasteiger partial charge in [0.05, 0.1) is 24.1 Å². The second-order valence-electron chi connectivity index (χ2n) is 4.83. The summed E-state index contributed by atoms with van der Waals surface area (Å²) in [4.78, 5) is 28.7. The van der Waals surface area contributed by atoms with Crippen LogP contribution in [-0.4, -0.2) is 36.6 Å². The van der Waals surface area contributed by atoms with Crippen LogP contribution in [0.2, 0.25) is 0 Å². The predicted octanol–water partition coefficient (Wildman–Crippen LogP) is 0.515. The molecule has 2 rings (SSSR count). The number of H-pyrrole nitrogens is 1. The van der Waals surface area contributed by atoms with Gasteiger partial charge in [-0.05, 0) is 31.2 Å². The standard InChI is InChI=1S/C14H15N3O6S/c1-8-11(7-12(18)19)13(20)16-14(15-8)17-24(21,22)10-5-3-9(23-2)4-6-10/h3-6H,7H2,1-2H3,(H,18,19)(H2,15,16,17,20). The Morgan fingerprint density at radius 3 is 2.46 bits per heavy atom. The minimum Gasteiger partial charge on any atom is -0.497 e. The highest BCUT2D eigenvalue weighted by Crippen LogP contribution is 2.17. The molecule has 1 heterocycles. The highest BCUT2D eigenvalue weighted by molar-refractivity contribution is 7.92. The summed E-state index contributed by atoms with van der Waals surface area (Å²) in [5.74, 6) is -0.978. The van der Waals surface area contributed by atoms with E-state index in [9.17, 15) is 18.0 Å². The van der Waals surface area contributed by atoms with E-state index in [1.54, 1.807) is 0 Å². The first-order valence-corrected chi connectivity index (χ1v) is 8.19. The van der Waals surface area contributed by atoms with Gasteiger partial charge >= 0.3 is 5.97 Å². The third-order valence-electron chi connectivity index (χ3n) is 3.15. The monoisotopic (exact) mass is 353 g/mol.